The minimum atomic E-state index is -0.284. The smallest absolute Gasteiger partial charge is 0.271 e. The third-order valence-electron chi connectivity index (χ3n) is 3.02. The fourth-order valence-corrected chi connectivity index (χ4v) is 1.94. The summed E-state index contributed by atoms with van der Waals surface area (Å²) in [5.41, 5.74) is 2.83. The summed E-state index contributed by atoms with van der Waals surface area (Å²) in [4.78, 5) is 28.1. The Morgan fingerprint density at radius 2 is 1.91 bits per heavy atom. The van der Waals surface area contributed by atoms with E-state index < -0.39 is 0 Å². The van der Waals surface area contributed by atoms with Gasteiger partial charge in [-0.25, -0.2) is 15.0 Å². The standard InChI is InChI=1S/C16H13N5O/c22-16(15-10-17-6-7-18-15)19-9-13-8-14(21-11-20-13)12-4-2-1-3-5-12/h1-8,10-11H,9H2,(H,19,22). The molecule has 3 rings (SSSR count). The summed E-state index contributed by atoms with van der Waals surface area (Å²) in [5, 5.41) is 2.76. The number of carbonyl (C=O) groups is 1. The molecule has 0 fully saturated rings. The van der Waals surface area contributed by atoms with Gasteiger partial charge in [0.15, 0.2) is 0 Å². The molecule has 6 nitrogen and oxygen atoms in total. The summed E-state index contributed by atoms with van der Waals surface area (Å²) in [7, 11) is 0. The molecule has 0 aliphatic rings. The zero-order valence-electron chi connectivity index (χ0n) is 11.7. The number of aromatic nitrogens is 4. The lowest BCUT2D eigenvalue weighted by atomic mass is 10.1. The maximum Gasteiger partial charge on any atom is 0.271 e. The highest BCUT2D eigenvalue weighted by Crippen LogP contribution is 2.15. The molecular formula is C16H13N5O. The number of benzene rings is 1. The Morgan fingerprint density at radius 1 is 1.05 bits per heavy atom. The van der Waals surface area contributed by atoms with Crippen molar-refractivity contribution in [2.75, 3.05) is 0 Å². The fraction of sp³-hybridized carbons (Fsp3) is 0.0625. The van der Waals surface area contributed by atoms with Crippen molar-refractivity contribution in [3.05, 3.63) is 72.7 Å². The number of hydrogen-bond acceptors (Lipinski definition) is 5. The molecule has 0 saturated carbocycles. The maximum absolute atomic E-state index is 11.9. The molecule has 1 aromatic carbocycles. The van der Waals surface area contributed by atoms with E-state index in [-0.39, 0.29) is 11.6 Å². The first-order valence-corrected chi connectivity index (χ1v) is 6.73. The van der Waals surface area contributed by atoms with E-state index >= 15 is 0 Å². The topological polar surface area (TPSA) is 80.7 Å². The van der Waals surface area contributed by atoms with Gasteiger partial charge < -0.3 is 5.32 Å². The fourth-order valence-electron chi connectivity index (χ4n) is 1.94. The molecule has 0 aliphatic heterocycles. The predicted molar refractivity (Wildman–Crippen MR) is 80.7 cm³/mol. The van der Waals surface area contributed by atoms with Crippen molar-refractivity contribution in [3.8, 4) is 11.3 Å². The van der Waals surface area contributed by atoms with E-state index in [1.165, 1.54) is 24.9 Å². The van der Waals surface area contributed by atoms with Crippen LogP contribution in [0, 0.1) is 0 Å². The van der Waals surface area contributed by atoms with Crippen molar-refractivity contribution in [1.29, 1.82) is 0 Å². The van der Waals surface area contributed by atoms with E-state index in [4.69, 9.17) is 0 Å². The number of carbonyl (C=O) groups excluding carboxylic acids is 1. The first-order valence-electron chi connectivity index (χ1n) is 6.73. The highest BCUT2D eigenvalue weighted by molar-refractivity contribution is 5.91. The van der Waals surface area contributed by atoms with E-state index in [2.05, 4.69) is 25.3 Å². The summed E-state index contributed by atoms with van der Waals surface area (Å²) < 4.78 is 0. The lowest BCUT2D eigenvalue weighted by Crippen LogP contribution is -2.24. The van der Waals surface area contributed by atoms with Gasteiger partial charge in [0.1, 0.15) is 12.0 Å². The van der Waals surface area contributed by atoms with Gasteiger partial charge in [0, 0.05) is 18.0 Å². The van der Waals surface area contributed by atoms with Crippen LogP contribution in [0.5, 0.6) is 0 Å². The summed E-state index contributed by atoms with van der Waals surface area (Å²) in [6, 6.07) is 11.7. The highest BCUT2D eigenvalue weighted by atomic mass is 16.1. The zero-order valence-corrected chi connectivity index (χ0v) is 11.7. The number of nitrogens with zero attached hydrogens (tertiary/aromatic N) is 4. The van der Waals surface area contributed by atoms with Crippen molar-refractivity contribution in [1.82, 2.24) is 25.3 Å². The second-order valence-electron chi connectivity index (χ2n) is 4.53. The summed E-state index contributed by atoms with van der Waals surface area (Å²) in [6.45, 7) is 0.303. The molecule has 3 aromatic rings. The van der Waals surface area contributed by atoms with E-state index in [1.54, 1.807) is 0 Å². The Labute approximate surface area is 127 Å². The van der Waals surface area contributed by atoms with Crippen LogP contribution in [0.4, 0.5) is 0 Å². The molecule has 2 aromatic heterocycles. The van der Waals surface area contributed by atoms with Crippen LogP contribution in [-0.2, 0) is 6.54 Å². The van der Waals surface area contributed by atoms with Crippen LogP contribution in [0.3, 0.4) is 0 Å². The average molecular weight is 291 g/mol. The molecule has 0 atom stereocenters. The van der Waals surface area contributed by atoms with Gasteiger partial charge in [0.05, 0.1) is 24.1 Å². The van der Waals surface area contributed by atoms with Crippen LogP contribution in [0.25, 0.3) is 11.3 Å². The van der Waals surface area contributed by atoms with E-state index in [1.807, 2.05) is 36.4 Å². The van der Waals surface area contributed by atoms with Crippen LogP contribution in [0.15, 0.2) is 61.3 Å². The maximum atomic E-state index is 11.9. The minimum Gasteiger partial charge on any atom is -0.345 e. The van der Waals surface area contributed by atoms with Crippen molar-refractivity contribution < 1.29 is 4.79 Å². The van der Waals surface area contributed by atoms with Crippen molar-refractivity contribution in [2.24, 2.45) is 0 Å². The van der Waals surface area contributed by atoms with Gasteiger partial charge >= 0.3 is 0 Å². The van der Waals surface area contributed by atoms with Gasteiger partial charge in [0.25, 0.3) is 5.91 Å². The largest absolute Gasteiger partial charge is 0.345 e. The van der Waals surface area contributed by atoms with Gasteiger partial charge in [0.2, 0.25) is 0 Å². The van der Waals surface area contributed by atoms with E-state index in [0.29, 0.717) is 6.54 Å². The monoisotopic (exact) mass is 291 g/mol. The highest BCUT2D eigenvalue weighted by Gasteiger charge is 2.07. The van der Waals surface area contributed by atoms with Gasteiger partial charge in [-0.15, -0.1) is 0 Å². The number of amides is 1. The average Bonchev–Trinajstić information content (AvgIpc) is 2.61. The Hall–Kier alpha value is -3.15. The van der Waals surface area contributed by atoms with E-state index in [0.717, 1.165) is 17.0 Å². The minimum absolute atomic E-state index is 0.278. The molecule has 0 spiro atoms. The van der Waals surface area contributed by atoms with Gasteiger partial charge in [-0.05, 0) is 6.07 Å². The molecule has 0 radical (unpaired) electrons. The molecular weight excluding hydrogens is 278 g/mol. The Morgan fingerprint density at radius 3 is 2.68 bits per heavy atom. The van der Waals surface area contributed by atoms with Crippen LogP contribution in [-0.4, -0.2) is 25.8 Å². The SMILES string of the molecule is O=C(NCc1cc(-c2ccccc2)ncn1)c1cnccn1. The van der Waals surface area contributed by atoms with Crippen molar-refractivity contribution in [3.63, 3.8) is 0 Å². The molecule has 0 saturated heterocycles. The second-order valence-corrected chi connectivity index (χ2v) is 4.53. The quantitative estimate of drug-likeness (QED) is 0.793. The van der Waals surface area contributed by atoms with Gasteiger partial charge in [-0.1, -0.05) is 30.3 Å². The molecule has 0 aliphatic carbocycles. The van der Waals surface area contributed by atoms with Crippen LogP contribution < -0.4 is 5.32 Å². The number of nitrogens with one attached hydrogen (secondary N) is 1. The summed E-state index contributed by atoms with van der Waals surface area (Å²) >= 11 is 0. The third-order valence-corrected chi connectivity index (χ3v) is 3.02. The van der Waals surface area contributed by atoms with Crippen LogP contribution >= 0.6 is 0 Å². The van der Waals surface area contributed by atoms with Crippen LogP contribution in [0.1, 0.15) is 16.2 Å². The second kappa shape index (κ2) is 6.53. The van der Waals surface area contributed by atoms with Gasteiger partial charge in [-0.3, -0.25) is 9.78 Å². The molecule has 0 bridgehead atoms. The van der Waals surface area contributed by atoms with Crippen LogP contribution in [0.2, 0.25) is 0 Å². The third kappa shape index (κ3) is 3.29. The molecule has 108 valence electrons. The zero-order chi connectivity index (χ0) is 15.2. The lowest BCUT2D eigenvalue weighted by Gasteiger charge is -2.05. The first-order chi connectivity index (χ1) is 10.8. The molecule has 1 amide bonds. The Bertz CT molecular complexity index is 762. The summed E-state index contributed by atoms with van der Waals surface area (Å²) in [5.74, 6) is -0.284. The first kappa shape index (κ1) is 13.8. The normalized spacial score (nSPS) is 10.2. The predicted octanol–water partition coefficient (Wildman–Crippen LogP) is 1.86. The van der Waals surface area contributed by atoms with Crippen molar-refractivity contribution >= 4 is 5.91 Å². The molecule has 6 heteroatoms. The molecule has 0 unspecified atom stereocenters. The lowest BCUT2D eigenvalue weighted by molar-refractivity contribution is 0.0945. The molecule has 1 N–H and O–H groups in total. The van der Waals surface area contributed by atoms with Gasteiger partial charge in [-0.2, -0.15) is 0 Å². The van der Waals surface area contributed by atoms with Crippen molar-refractivity contribution in [2.45, 2.75) is 6.54 Å². The molecule has 2 heterocycles. The number of rotatable bonds is 4. The molecule has 22 heavy (non-hydrogen) atoms. The Balaban J connectivity index is 1.70. The Kier molecular flexibility index (Phi) is 4.10. The van der Waals surface area contributed by atoms with E-state index in [9.17, 15) is 4.79 Å². The number of hydrogen-bond donors (Lipinski definition) is 1. The summed E-state index contributed by atoms with van der Waals surface area (Å²) in [6.07, 6.45) is 5.91.